The molecule has 0 saturated carbocycles. The summed E-state index contributed by atoms with van der Waals surface area (Å²) in [4.78, 5) is 0. The molecule has 1 aromatic heterocycles. The van der Waals surface area contributed by atoms with Crippen molar-refractivity contribution >= 4 is 34.8 Å². The Hall–Kier alpha value is -0.760. The molecule has 1 nitrogen and oxygen atoms in total. The Bertz CT molecular complexity index is 503. The van der Waals surface area contributed by atoms with Crippen LogP contribution in [0.5, 0.6) is 0 Å². The van der Waals surface area contributed by atoms with Crippen molar-refractivity contribution in [3.8, 4) is 0 Å². The van der Waals surface area contributed by atoms with Gasteiger partial charge in [0.05, 0.1) is 0 Å². The van der Waals surface area contributed by atoms with Crippen molar-refractivity contribution in [1.82, 2.24) is 0 Å². The molecule has 1 aromatic carbocycles. The molecule has 0 spiro atoms. The van der Waals surface area contributed by atoms with Gasteiger partial charge in [0.15, 0.2) is 12.4 Å². The summed E-state index contributed by atoms with van der Waals surface area (Å²) < 4.78 is 1.91. The number of hydrogen-bond acceptors (Lipinski definition) is 0. The van der Waals surface area contributed by atoms with Gasteiger partial charge < -0.3 is 0 Å². The van der Waals surface area contributed by atoms with Crippen molar-refractivity contribution in [3.05, 3.63) is 62.9 Å². The van der Waals surface area contributed by atoms with E-state index in [4.69, 9.17) is 34.8 Å². The number of pyridine rings is 1. The summed E-state index contributed by atoms with van der Waals surface area (Å²) in [7, 11) is 1.94. The van der Waals surface area contributed by atoms with Crippen LogP contribution in [0, 0.1) is 0 Å². The predicted molar refractivity (Wildman–Crippen MR) is 71.9 cm³/mol. The van der Waals surface area contributed by atoms with Crippen molar-refractivity contribution in [2.45, 2.75) is 6.42 Å². The fourth-order valence-corrected chi connectivity index (χ4v) is 2.36. The number of rotatable bonds is 2. The summed E-state index contributed by atoms with van der Waals surface area (Å²) in [6.45, 7) is 0. The minimum absolute atomic E-state index is 0.643. The highest BCUT2D eigenvalue weighted by molar-refractivity contribution is 6.35. The zero-order chi connectivity index (χ0) is 12.4. The van der Waals surface area contributed by atoms with Gasteiger partial charge >= 0.3 is 0 Å². The summed E-state index contributed by atoms with van der Waals surface area (Å²) in [6.07, 6.45) is 4.54. The van der Waals surface area contributed by atoms with E-state index in [0.717, 1.165) is 16.1 Å². The van der Waals surface area contributed by atoms with Crippen LogP contribution >= 0.6 is 34.8 Å². The van der Waals surface area contributed by atoms with E-state index in [9.17, 15) is 0 Å². The summed E-state index contributed by atoms with van der Waals surface area (Å²) in [5.74, 6) is 0. The second-order valence-electron chi connectivity index (χ2n) is 3.90. The van der Waals surface area contributed by atoms with Crippen LogP contribution in [-0.4, -0.2) is 0 Å². The first-order valence-corrected chi connectivity index (χ1v) is 6.27. The quantitative estimate of drug-likeness (QED) is 0.733. The molecule has 0 unspecified atom stereocenters. The summed E-state index contributed by atoms with van der Waals surface area (Å²) in [5, 5.41) is 2.05. The second kappa shape index (κ2) is 5.26. The van der Waals surface area contributed by atoms with Gasteiger partial charge in [0.2, 0.25) is 0 Å². The van der Waals surface area contributed by atoms with E-state index < -0.39 is 0 Å². The molecule has 17 heavy (non-hydrogen) atoms. The van der Waals surface area contributed by atoms with Crippen molar-refractivity contribution in [1.29, 1.82) is 0 Å². The van der Waals surface area contributed by atoms with Gasteiger partial charge in [0, 0.05) is 22.5 Å². The number of halogens is 3. The normalized spacial score (nSPS) is 10.6. The highest BCUT2D eigenvalue weighted by atomic mass is 35.5. The summed E-state index contributed by atoms with van der Waals surface area (Å²) in [6, 6.07) is 7.50. The monoisotopic (exact) mass is 286 g/mol. The molecule has 0 bridgehead atoms. The van der Waals surface area contributed by atoms with E-state index in [2.05, 4.69) is 0 Å². The fourth-order valence-electron chi connectivity index (χ4n) is 1.61. The third-order valence-corrected chi connectivity index (χ3v) is 3.46. The minimum Gasteiger partial charge on any atom is -0.206 e. The van der Waals surface area contributed by atoms with E-state index in [0.29, 0.717) is 16.5 Å². The first-order valence-electron chi connectivity index (χ1n) is 5.14. The third-order valence-electron chi connectivity index (χ3n) is 2.53. The largest absolute Gasteiger partial charge is 0.206 e. The van der Waals surface area contributed by atoms with Crippen LogP contribution in [0.3, 0.4) is 0 Å². The zero-order valence-corrected chi connectivity index (χ0v) is 11.5. The average Bonchev–Trinajstić information content (AvgIpc) is 2.25. The number of benzene rings is 1. The maximum atomic E-state index is 6.17. The molecule has 1 heterocycles. The zero-order valence-electron chi connectivity index (χ0n) is 9.25. The van der Waals surface area contributed by atoms with Gasteiger partial charge in [-0.2, -0.15) is 0 Å². The molecule has 0 aliphatic carbocycles. The Balaban J connectivity index is 2.31. The average molecular weight is 288 g/mol. The Morgan fingerprint density at radius 3 is 2.35 bits per heavy atom. The first-order chi connectivity index (χ1) is 8.06. The maximum Gasteiger partial charge on any atom is 0.187 e. The van der Waals surface area contributed by atoms with Crippen LogP contribution in [0.4, 0.5) is 0 Å². The molecule has 0 aliphatic rings. The van der Waals surface area contributed by atoms with Gasteiger partial charge in [-0.05, 0) is 23.3 Å². The summed E-state index contributed by atoms with van der Waals surface area (Å²) in [5.41, 5.74) is 2.07. The first kappa shape index (κ1) is 12.7. The maximum absolute atomic E-state index is 6.17. The molecule has 88 valence electrons. The standard InChI is InChI=1S/C13H11Cl3N/c1-17-5-4-10(13(16)8-17)6-9-2-3-11(14)7-12(9)15/h2-5,7-8H,6H2,1H3/q+1. The molecular formula is C13H11Cl3N+. The predicted octanol–water partition coefficient (Wildman–Crippen LogP) is 4.06. The third kappa shape index (κ3) is 3.12. The topological polar surface area (TPSA) is 3.88 Å². The molecule has 4 heteroatoms. The lowest BCUT2D eigenvalue weighted by molar-refractivity contribution is -0.671. The van der Waals surface area contributed by atoms with E-state index in [1.54, 1.807) is 6.07 Å². The Kier molecular flexibility index (Phi) is 3.93. The Morgan fingerprint density at radius 1 is 1.00 bits per heavy atom. The van der Waals surface area contributed by atoms with Crippen molar-refractivity contribution in [2.75, 3.05) is 0 Å². The highest BCUT2D eigenvalue weighted by Gasteiger charge is 2.08. The van der Waals surface area contributed by atoms with Crippen molar-refractivity contribution in [2.24, 2.45) is 7.05 Å². The molecule has 0 saturated heterocycles. The molecule has 2 rings (SSSR count). The van der Waals surface area contributed by atoms with Crippen LogP contribution in [0.25, 0.3) is 0 Å². The number of hydrogen-bond donors (Lipinski definition) is 0. The van der Waals surface area contributed by atoms with E-state index in [-0.39, 0.29) is 0 Å². The Morgan fingerprint density at radius 2 is 1.71 bits per heavy atom. The second-order valence-corrected chi connectivity index (χ2v) is 5.15. The van der Waals surface area contributed by atoms with Gasteiger partial charge in [-0.25, -0.2) is 4.57 Å². The molecule has 0 radical (unpaired) electrons. The number of nitrogens with zero attached hydrogens (tertiary/aromatic N) is 1. The van der Waals surface area contributed by atoms with Crippen LogP contribution in [0.2, 0.25) is 15.1 Å². The smallest absolute Gasteiger partial charge is 0.187 e. The molecule has 2 aromatic rings. The van der Waals surface area contributed by atoms with Gasteiger partial charge in [0.25, 0.3) is 0 Å². The van der Waals surface area contributed by atoms with E-state index in [1.165, 1.54) is 0 Å². The van der Waals surface area contributed by atoms with E-state index >= 15 is 0 Å². The molecule has 0 amide bonds. The molecule has 0 atom stereocenters. The van der Waals surface area contributed by atoms with Crippen molar-refractivity contribution < 1.29 is 4.57 Å². The van der Waals surface area contributed by atoms with Crippen LogP contribution < -0.4 is 4.57 Å². The molecule has 0 fully saturated rings. The SMILES string of the molecule is C[n+]1ccc(Cc2ccc(Cl)cc2Cl)c(Cl)c1. The van der Waals surface area contributed by atoms with Gasteiger partial charge in [-0.1, -0.05) is 40.9 Å². The number of aromatic nitrogens is 1. The Labute approximate surface area is 116 Å². The molecular weight excluding hydrogens is 277 g/mol. The lowest BCUT2D eigenvalue weighted by Crippen LogP contribution is -2.26. The molecule has 0 aliphatic heterocycles. The van der Waals surface area contributed by atoms with Crippen molar-refractivity contribution in [3.63, 3.8) is 0 Å². The minimum atomic E-state index is 0.643. The lowest BCUT2D eigenvalue weighted by Gasteiger charge is -2.05. The van der Waals surface area contributed by atoms with Gasteiger partial charge in [-0.3, -0.25) is 0 Å². The van der Waals surface area contributed by atoms with Gasteiger partial charge in [-0.15, -0.1) is 0 Å². The molecule has 0 N–H and O–H groups in total. The van der Waals surface area contributed by atoms with Crippen LogP contribution in [0.15, 0.2) is 36.7 Å². The fraction of sp³-hybridized carbons (Fsp3) is 0.154. The van der Waals surface area contributed by atoms with Gasteiger partial charge in [0.1, 0.15) is 12.1 Å². The summed E-state index contributed by atoms with van der Waals surface area (Å²) >= 11 is 18.2. The lowest BCUT2D eigenvalue weighted by atomic mass is 10.1. The van der Waals surface area contributed by atoms with Crippen LogP contribution in [0.1, 0.15) is 11.1 Å². The number of aryl methyl sites for hydroxylation is 1. The van der Waals surface area contributed by atoms with E-state index in [1.807, 2.05) is 42.2 Å². The highest BCUT2D eigenvalue weighted by Crippen LogP contribution is 2.25. The van der Waals surface area contributed by atoms with Crippen LogP contribution in [-0.2, 0) is 13.5 Å².